The molecule has 1 atom stereocenters. The number of anilines is 2. The largest absolute Gasteiger partial charge is 0.371 e. The summed E-state index contributed by atoms with van der Waals surface area (Å²) in [6.07, 6.45) is 9.27. The first-order valence-electron chi connectivity index (χ1n) is 15.1. The van der Waals surface area contributed by atoms with Crippen molar-refractivity contribution in [2.24, 2.45) is 5.92 Å². The van der Waals surface area contributed by atoms with Crippen molar-refractivity contribution in [2.45, 2.75) is 65.2 Å². The van der Waals surface area contributed by atoms with Crippen molar-refractivity contribution >= 4 is 62.3 Å². The first kappa shape index (κ1) is 31.1. The number of para-hydroxylation sites is 1. The zero-order valence-corrected chi connectivity index (χ0v) is 27.3. The van der Waals surface area contributed by atoms with Gasteiger partial charge in [0.25, 0.3) is 11.8 Å². The number of aryl methyl sites for hydroxylation is 2. The van der Waals surface area contributed by atoms with E-state index in [1.807, 2.05) is 19.1 Å². The molecule has 2 N–H and O–H groups in total. The number of halogens is 1. The molecule has 1 saturated heterocycles. The topological polar surface area (TPSA) is 91.4 Å². The van der Waals surface area contributed by atoms with Crippen LogP contribution in [0.15, 0.2) is 52.0 Å². The maximum Gasteiger partial charge on any atom is 0.267 e. The van der Waals surface area contributed by atoms with Crippen LogP contribution in [0.4, 0.5) is 11.4 Å². The van der Waals surface area contributed by atoms with Gasteiger partial charge in [0.1, 0.15) is 10.7 Å². The second-order valence-electron chi connectivity index (χ2n) is 11.6. The number of nitrogens with zero attached hydrogens (tertiary/aromatic N) is 2. The average Bonchev–Trinajstić information content (AvgIpc) is 3.34. The van der Waals surface area contributed by atoms with Crippen LogP contribution in [-0.4, -0.2) is 42.2 Å². The lowest BCUT2D eigenvalue weighted by Crippen LogP contribution is -2.31. The summed E-state index contributed by atoms with van der Waals surface area (Å²) in [6, 6.07) is 14.0. The third kappa shape index (κ3) is 8.21. The first-order valence-corrected chi connectivity index (χ1v) is 16.8. The van der Waals surface area contributed by atoms with Crippen LogP contribution >= 0.6 is 27.3 Å². The van der Waals surface area contributed by atoms with Crippen molar-refractivity contribution in [2.75, 3.05) is 29.9 Å². The predicted molar refractivity (Wildman–Crippen MR) is 178 cm³/mol. The van der Waals surface area contributed by atoms with Gasteiger partial charge in [0.05, 0.1) is 5.69 Å². The molecule has 1 saturated carbocycles. The Kier molecular flexibility index (Phi) is 10.5. The van der Waals surface area contributed by atoms with E-state index in [0.717, 1.165) is 57.2 Å². The molecule has 1 unspecified atom stereocenters. The Balaban J connectivity index is 1.28. The molecule has 0 bridgehead atoms. The highest BCUT2D eigenvalue weighted by Gasteiger charge is 2.21. The Morgan fingerprint density at radius 3 is 2.60 bits per heavy atom. The molecule has 226 valence electrons. The summed E-state index contributed by atoms with van der Waals surface area (Å²) in [6.45, 7) is 6.39. The number of Topliss-reactive ketones (excluding diaryl/α,β-unsaturated/α-hetero) is 1. The lowest BCUT2D eigenvalue weighted by Gasteiger charge is -2.31. The summed E-state index contributed by atoms with van der Waals surface area (Å²) in [7, 11) is 0. The molecular weight excluding hydrogens is 624 g/mol. The highest BCUT2D eigenvalue weighted by atomic mass is 79.9. The molecule has 5 rings (SSSR count). The minimum atomic E-state index is -0.241. The van der Waals surface area contributed by atoms with Gasteiger partial charge >= 0.3 is 0 Å². The fourth-order valence-corrected chi connectivity index (χ4v) is 7.50. The number of amides is 2. The highest BCUT2D eigenvalue weighted by Crippen LogP contribution is 2.30. The van der Waals surface area contributed by atoms with E-state index in [9.17, 15) is 14.4 Å². The van der Waals surface area contributed by atoms with E-state index >= 15 is 0 Å². The van der Waals surface area contributed by atoms with Crippen molar-refractivity contribution < 1.29 is 14.4 Å². The van der Waals surface area contributed by atoms with Gasteiger partial charge in [-0.1, -0.05) is 35.9 Å². The van der Waals surface area contributed by atoms with E-state index in [4.69, 9.17) is 0 Å². The molecule has 2 heterocycles. The third-order valence-corrected chi connectivity index (χ3v) is 10.0. The normalized spacial score (nSPS) is 17.1. The highest BCUT2D eigenvalue weighted by molar-refractivity contribution is 9.11. The minimum absolute atomic E-state index is 0.169. The van der Waals surface area contributed by atoms with Crippen molar-refractivity contribution in [3.63, 3.8) is 0 Å². The lowest BCUT2D eigenvalue weighted by molar-refractivity contribution is -0.121. The lowest BCUT2D eigenvalue weighted by atomic mass is 9.85. The van der Waals surface area contributed by atoms with Gasteiger partial charge in [0, 0.05) is 49.4 Å². The third-order valence-electron chi connectivity index (χ3n) is 8.42. The number of carbonyl (C=O) groups is 3. The zero-order chi connectivity index (χ0) is 30.3. The van der Waals surface area contributed by atoms with Gasteiger partial charge in [0.15, 0.2) is 3.92 Å². The quantitative estimate of drug-likeness (QED) is 0.229. The van der Waals surface area contributed by atoms with Gasteiger partial charge in [-0.3, -0.25) is 14.4 Å². The zero-order valence-electron chi connectivity index (χ0n) is 24.9. The smallest absolute Gasteiger partial charge is 0.267 e. The molecule has 0 spiro atoms. The fraction of sp³-hybridized carbons (Fsp3) is 0.412. The number of nitrogens with one attached hydrogen (secondary N) is 2. The molecule has 3 aromatic rings. The van der Waals surface area contributed by atoms with E-state index in [-0.39, 0.29) is 11.8 Å². The number of ketones is 1. The Bertz CT molecular complexity index is 1520. The van der Waals surface area contributed by atoms with Gasteiger partial charge in [0.2, 0.25) is 0 Å². The molecule has 2 fully saturated rings. The molecule has 1 aliphatic heterocycles. The fourth-order valence-electron chi connectivity index (χ4n) is 6.06. The molecule has 2 amide bonds. The second kappa shape index (κ2) is 14.4. The molecular formula is C34H39BrN4O3S. The van der Waals surface area contributed by atoms with Crippen LogP contribution in [-0.2, 0) is 4.79 Å². The Hall–Kier alpha value is -3.30. The average molecular weight is 664 g/mol. The standard InChI is InChI=1S/C34H39BrN4O3S/c1-22-7-3-4-11-30(22)39-17-14-25(15-18-39)19-26-12-13-27(21-29(26)38-33(42)31-23(2)37-34(35)43-31)32(41)36-16-6-9-24-8-5-10-28(40)20-24/h3-4,7,11-13,19,21,24H,5-6,8-10,14-18,20H2,1-2H3,(H,36,41)(H,38,42). The number of carbonyl (C=O) groups excluding carboxylic acids is 3. The Labute approximate surface area is 266 Å². The summed E-state index contributed by atoms with van der Waals surface area (Å²) in [5.74, 6) is 0.390. The molecule has 43 heavy (non-hydrogen) atoms. The monoisotopic (exact) mass is 662 g/mol. The maximum atomic E-state index is 13.3. The van der Waals surface area contributed by atoms with Crippen LogP contribution in [0.5, 0.6) is 0 Å². The van der Waals surface area contributed by atoms with Crippen LogP contribution < -0.4 is 15.5 Å². The van der Waals surface area contributed by atoms with Crippen molar-refractivity contribution in [1.82, 2.24) is 10.3 Å². The van der Waals surface area contributed by atoms with Gasteiger partial charge < -0.3 is 15.5 Å². The summed E-state index contributed by atoms with van der Waals surface area (Å²) in [5.41, 5.74) is 6.53. The number of hydrogen-bond acceptors (Lipinski definition) is 6. The number of thiazole rings is 1. The molecule has 9 heteroatoms. The first-order chi connectivity index (χ1) is 20.8. The van der Waals surface area contributed by atoms with Crippen LogP contribution in [0.2, 0.25) is 0 Å². The van der Waals surface area contributed by atoms with E-state index in [1.54, 1.807) is 6.07 Å². The van der Waals surface area contributed by atoms with Crippen molar-refractivity contribution in [3.8, 4) is 0 Å². The summed E-state index contributed by atoms with van der Waals surface area (Å²) in [5, 5.41) is 6.09. The second-order valence-corrected chi connectivity index (χ2v) is 13.9. The number of aromatic nitrogens is 1. The molecule has 7 nitrogen and oxygen atoms in total. The van der Waals surface area contributed by atoms with Crippen molar-refractivity contribution in [3.05, 3.63) is 79.2 Å². The summed E-state index contributed by atoms with van der Waals surface area (Å²) in [4.78, 5) is 45.4. The number of hydrogen-bond donors (Lipinski definition) is 2. The van der Waals surface area contributed by atoms with Gasteiger partial charge in [-0.05, 0) is 104 Å². The van der Waals surface area contributed by atoms with Crippen molar-refractivity contribution in [1.29, 1.82) is 0 Å². The van der Waals surface area contributed by atoms with Crippen LogP contribution in [0, 0.1) is 19.8 Å². The molecule has 2 aliphatic rings. The minimum Gasteiger partial charge on any atom is -0.371 e. The van der Waals surface area contributed by atoms with Gasteiger partial charge in [-0.2, -0.15) is 0 Å². The van der Waals surface area contributed by atoms with Crippen LogP contribution in [0.3, 0.4) is 0 Å². The van der Waals surface area contributed by atoms with Gasteiger partial charge in [-0.25, -0.2) is 4.98 Å². The summed E-state index contributed by atoms with van der Waals surface area (Å²) < 4.78 is 0.656. The van der Waals surface area contributed by atoms with Crippen LogP contribution in [0.25, 0.3) is 6.08 Å². The van der Waals surface area contributed by atoms with E-state index < -0.39 is 0 Å². The molecule has 0 radical (unpaired) electrons. The predicted octanol–water partition coefficient (Wildman–Crippen LogP) is 7.73. The number of benzene rings is 2. The Morgan fingerprint density at radius 1 is 1.09 bits per heavy atom. The number of piperidine rings is 1. The maximum absolute atomic E-state index is 13.3. The van der Waals surface area contributed by atoms with Gasteiger partial charge in [-0.15, -0.1) is 11.3 Å². The molecule has 2 aromatic carbocycles. The Morgan fingerprint density at radius 2 is 1.88 bits per heavy atom. The molecule has 1 aliphatic carbocycles. The summed E-state index contributed by atoms with van der Waals surface area (Å²) >= 11 is 4.67. The molecule has 1 aromatic heterocycles. The number of rotatable bonds is 9. The van der Waals surface area contributed by atoms with E-state index in [2.05, 4.69) is 73.7 Å². The van der Waals surface area contributed by atoms with Crippen LogP contribution in [0.1, 0.15) is 88.2 Å². The van der Waals surface area contributed by atoms with E-state index in [1.165, 1.54) is 28.2 Å². The SMILES string of the molecule is Cc1ccccc1N1CCC(=Cc2ccc(C(=O)NCCCC3CCCC(=O)C3)cc2NC(=O)c2sc(Br)nc2C)CC1. The van der Waals surface area contributed by atoms with E-state index in [0.29, 0.717) is 56.8 Å².